The molecule has 0 aliphatic carbocycles. The molecule has 0 aliphatic rings. The second-order valence-corrected chi connectivity index (χ2v) is 3.96. The van der Waals surface area contributed by atoms with Gasteiger partial charge >= 0.3 is 0 Å². The van der Waals surface area contributed by atoms with Crippen LogP contribution in [0, 0.1) is 5.82 Å². The van der Waals surface area contributed by atoms with Crippen molar-refractivity contribution in [1.29, 1.82) is 0 Å². The van der Waals surface area contributed by atoms with E-state index in [-0.39, 0.29) is 11.9 Å². The summed E-state index contributed by atoms with van der Waals surface area (Å²) in [5.74, 6) is 0.309. The van der Waals surface area contributed by atoms with Crippen LogP contribution >= 0.6 is 11.6 Å². The fraction of sp³-hybridized carbons (Fsp3) is 0.182. The van der Waals surface area contributed by atoms with Crippen LogP contribution in [0.15, 0.2) is 30.6 Å². The molecule has 1 heterocycles. The number of imidazole rings is 1. The zero-order chi connectivity index (χ0) is 11.5. The molecule has 3 nitrogen and oxygen atoms in total. The Morgan fingerprint density at radius 3 is 2.94 bits per heavy atom. The Balaban J connectivity index is 2.15. The number of hydrogen-bond donors (Lipinski definition) is 2. The smallest absolute Gasteiger partial charge is 0.127 e. The van der Waals surface area contributed by atoms with Crippen LogP contribution in [0.25, 0.3) is 0 Å². The first kappa shape index (κ1) is 11.1. The Hall–Kier alpha value is -1.39. The number of aromatic amines is 1. The monoisotopic (exact) mass is 239 g/mol. The van der Waals surface area contributed by atoms with Gasteiger partial charge in [0.15, 0.2) is 0 Å². The molecule has 0 saturated heterocycles. The molecule has 0 amide bonds. The lowest BCUT2D eigenvalue weighted by atomic mass is 10.1. The van der Waals surface area contributed by atoms with Crippen LogP contribution in [0.5, 0.6) is 0 Å². The van der Waals surface area contributed by atoms with Gasteiger partial charge in [-0.25, -0.2) is 9.37 Å². The van der Waals surface area contributed by atoms with Crippen LogP contribution in [-0.2, 0) is 6.42 Å². The first-order valence-corrected chi connectivity index (χ1v) is 5.23. The van der Waals surface area contributed by atoms with Gasteiger partial charge in [0.2, 0.25) is 0 Å². The molecular formula is C11H11ClFN3. The Kier molecular flexibility index (Phi) is 3.22. The lowest BCUT2D eigenvalue weighted by molar-refractivity contribution is 0.586. The van der Waals surface area contributed by atoms with Crippen molar-refractivity contribution in [3.63, 3.8) is 0 Å². The molecule has 0 radical (unpaired) electrons. The Morgan fingerprint density at radius 1 is 1.50 bits per heavy atom. The molecule has 0 saturated carbocycles. The average molecular weight is 240 g/mol. The van der Waals surface area contributed by atoms with E-state index < -0.39 is 0 Å². The molecule has 0 aliphatic heterocycles. The van der Waals surface area contributed by atoms with Crippen LogP contribution < -0.4 is 5.73 Å². The van der Waals surface area contributed by atoms with Gasteiger partial charge in [0.05, 0.1) is 6.04 Å². The third-order valence-electron chi connectivity index (χ3n) is 2.33. The normalized spacial score (nSPS) is 12.7. The third-order valence-corrected chi connectivity index (χ3v) is 2.56. The fourth-order valence-electron chi connectivity index (χ4n) is 1.50. The fourth-order valence-corrected chi connectivity index (χ4v) is 1.66. The van der Waals surface area contributed by atoms with Crippen LogP contribution in [0.4, 0.5) is 4.39 Å². The number of aromatic nitrogens is 2. The van der Waals surface area contributed by atoms with Crippen molar-refractivity contribution in [2.75, 3.05) is 0 Å². The Morgan fingerprint density at radius 2 is 2.31 bits per heavy atom. The first-order valence-electron chi connectivity index (χ1n) is 4.85. The van der Waals surface area contributed by atoms with Crippen molar-refractivity contribution in [3.05, 3.63) is 52.8 Å². The quantitative estimate of drug-likeness (QED) is 0.865. The summed E-state index contributed by atoms with van der Waals surface area (Å²) in [4.78, 5) is 6.93. The minimum Gasteiger partial charge on any atom is -0.347 e. The molecule has 1 atom stereocenters. The highest BCUT2D eigenvalue weighted by molar-refractivity contribution is 6.30. The summed E-state index contributed by atoms with van der Waals surface area (Å²) in [6.07, 6.45) is 3.69. The van der Waals surface area contributed by atoms with E-state index in [2.05, 4.69) is 9.97 Å². The zero-order valence-corrected chi connectivity index (χ0v) is 9.21. The zero-order valence-electron chi connectivity index (χ0n) is 8.45. The molecule has 5 heteroatoms. The standard InChI is InChI=1S/C11H11ClFN3/c12-8-2-1-7(9(13)6-8)5-10(14)11-15-3-4-16-11/h1-4,6,10H,5,14H2,(H,15,16). The highest BCUT2D eigenvalue weighted by Gasteiger charge is 2.12. The van der Waals surface area contributed by atoms with Gasteiger partial charge < -0.3 is 10.7 Å². The van der Waals surface area contributed by atoms with E-state index in [0.29, 0.717) is 22.8 Å². The largest absolute Gasteiger partial charge is 0.347 e. The number of rotatable bonds is 3. The molecule has 2 rings (SSSR count). The lowest BCUT2D eigenvalue weighted by Gasteiger charge is -2.09. The molecule has 0 fully saturated rings. The summed E-state index contributed by atoms with van der Waals surface area (Å²) in [6, 6.07) is 4.23. The predicted molar refractivity (Wildman–Crippen MR) is 60.6 cm³/mol. The van der Waals surface area contributed by atoms with E-state index in [0.717, 1.165) is 0 Å². The van der Waals surface area contributed by atoms with E-state index in [4.69, 9.17) is 17.3 Å². The van der Waals surface area contributed by atoms with Gasteiger partial charge in [-0.2, -0.15) is 0 Å². The summed E-state index contributed by atoms with van der Waals surface area (Å²) >= 11 is 5.66. The second-order valence-electron chi connectivity index (χ2n) is 3.52. The third kappa shape index (κ3) is 2.40. The van der Waals surface area contributed by atoms with Gasteiger partial charge in [0.1, 0.15) is 11.6 Å². The van der Waals surface area contributed by atoms with Crippen molar-refractivity contribution >= 4 is 11.6 Å². The maximum absolute atomic E-state index is 13.5. The van der Waals surface area contributed by atoms with E-state index >= 15 is 0 Å². The van der Waals surface area contributed by atoms with Crippen molar-refractivity contribution in [3.8, 4) is 0 Å². The topological polar surface area (TPSA) is 54.7 Å². The molecule has 2 aromatic rings. The lowest BCUT2D eigenvalue weighted by Crippen LogP contribution is -2.15. The van der Waals surface area contributed by atoms with Gasteiger partial charge in [0.25, 0.3) is 0 Å². The molecular weight excluding hydrogens is 229 g/mol. The average Bonchev–Trinajstić information content (AvgIpc) is 2.75. The summed E-state index contributed by atoms with van der Waals surface area (Å²) < 4.78 is 13.5. The summed E-state index contributed by atoms with van der Waals surface area (Å²) in [5.41, 5.74) is 6.42. The molecule has 1 unspecified atom stereocenters. The van der Waals surface area contributed by atoms with E-state index in [9.17, 15) is 4.39 Å². The molecule has 1 aromatic heterocycles. The number of nitrogens with zero attached hydrogens (tertiary/aromatic N) is 1. The summed E-state index contributed by atoms with van der Waals surface area (Å²) in [6.45, 7) is 0. The molecule has 3 N–H and O–H groups in total. The number of hydrogen-bond acceptors (Lipinski definition) is 2. The maximum Gasteiger partial charge on any atom is 0.127 e. The van der Waals surface area contributed by atoms with Crippen molar-refractivity contribution in [2.45, 2.75) is 12.5 Å². The highest BCUT2D eigenvalue weighted by Crippen LogP contribution is 2.19. The highest BCUT2D eigenvalue weighted by atomic mass is 35.5. The molecule has 16 heavy (non-hydrogen) atoms. The predicted octanol–water partition coefficient (Wildman–Crippen LogP) is 2.44. The van der Waals surface area contributed by atoms with Crippen LogP contribution in [0.2, 0.25) is 5.02 Å². The van der Waals surface area contributed by atoms with E-state index in [1.807, 2.05) is 0 Å². The molecule has 0 bridgehead atoms. The Labute approximate surface area is 97.5 Å². The van der Waals surface area contributed by atoms with Crippen LogP contribution in [-0.4, -0.2) is 9.97 Å². The van der Waals surface area contributed by atoms with Crippen LogP contribution in [0.3, 0.4) is 0 Å². The van der Waals surface area contributed by atoms with Gasteiger partial charge in [0, 0.05) is 17.4 Å². The van der Waals surface area contributed by atoms with Crippen LogP contribution in [0.1, 0.15) is 17.4 Å². The van der Waals surface area contributed by atoms with E-state index in [1.54, 1.807) is 24.5 Å². The van der Waals surface area contributed by atoms with Gasteiger partial charge in [-0.15, -0.1) is 0 Å². The van der Waals surface area contributed by atoms with Gasteiger partial charge in [-0.05, 0) is 24.1 Å². The number of benzene rings is 1. The van der Waals surface area contributed by atoms with Gasteiger partial charge in [-0.1, -0.05) is 17.7 Å². The van der Waals surface area contributed by atoms with E-state index in [1.165, 1.54) is 6.07 Å². The van der Waals surface area contributed by atoms with Gasteiger partial charge in [-0.3, -0.25) is 0 Å². The minimum absolute atomic E-state index is 0.338. The number of H-pyrrole nitrogens is 1. The second kappa shape index (κ2) is 4.63. The molecule has 84 valence electrons. The Bertz CT molecular complexity index is 470. The number of nitrogens with one attached hydrogen (secondary N) is 1. The first-order chi connectivity index (χ1) is 7.66. The number of nitrogens with two attached hydrogens (primary N) is 1. The molecule has 0 spiro atoms. The maximum atomic E-state index is 13.5. The summed E-state index contributed by atoms with van der Waals surface area (Å²) in [7, 11) is 0. The van der Waals surface area contributed by atoms with Crippen molar-refractivity contribution in [1.82, 2.24) is 9.97 Å². The number of halogens is 2. The summed E-state index contributed by atoms with van der Waals surface area (Å²) in [5, 5.41) is 0.382. The molecule has 1 aromatic carbocycles. The SMILES string of the molecule is NC(Cc1ccc(Cl)cc1F)c1ncc[nH]1. The van der Waals surface area contributed by atoms with Crippen molar-refractivity contribution in [2.24, 2.45) is 5.73 Å². The van der Waals surface area contributed by atoms with Crippen molar-refractivity contribution < 1.29 is 4.39 Å². The minimum atomic E-state index is -0.342.